The zero-order chi connectivity index (χ0) is 22.9. The molecule has 0 aliphatic carbocycles. The van der Waals surface area contributed by atoms with E-state index in [0.29, 0.717) is 5.11 Å². The van der Waals surface area contributed by atoms with Gasteiger partial charge in [0.05, 0.1) is 11.7 Å². The molecule has 2 aromatic carbocycles. The van der Waals surface area contributed by atoms with Crippen molar-refractivity contribution >= 4 is 23.0 Å². The van der Waals surface area contributed by atoms with Gasteiger partial charge in [0.2, 0.25) is 0 Å². The van der Waals surface area contributed by atoms with E-state index in [-0.39, 0.29) is 12.1 Å². The highest BCUT2D eigenvalue weighted by Gasteiger charge is 2.41. The van der Waals surface area contributed by atoms with Crippen LogP contribution in [0.25, 0.3) is 0 Å². The Labute approximate surface area is 199 Å². The van der Waals surface area contributed by atoms with Crippen molar-refractivity contribution in [3.05, 3.63) is 108 Å². The molecule has 33 heavy (non-hydrogen) atoms. The number of hydrogen-bond donors (Lipinski definition) is 1. The number of anilines is 1. The summed E-state index contributed by atoms with van der Waals surface area (Å²) in [6.07, 6.45) is 1.83. The highest BCUT2D eigenvalue weighted by Crippen LogP contribution is 2.42. The number of ether oxygens (including phenoxy) is 1. The summed E-state index contributed by atoms with van der Waals surface area (Å²) in [7, 11) is 2.10. The standard InChI is InChI=1S/C27H26N4OS/c1-18-7-12-21(13-8-18)32-22-14-10-20(11-15-22)31-26(24-16-9-19(2)30(24)3)25(29-27(31)33)23-6-4-5-17-28-23/h4-17,25-26H,1-3H3,(H,29,33)/t25-,26-/m0/s1. The monoisotopic (exact) mass is 454 g/mol. The van der Waals surface area contributed by atoms with Gasteiger partial charge in [0.25, 0.3) is 0 Å². The summed E-state index contributed by atoms with van der Waals surface area (Å²) in [4.78, 5) is 6.80. The Morgan fingerprint density at radius 2 is 1.58 bits per heavy atom. The minimum absolute atomic E-state index is 0.0324. The lowest BCUT2D eigenvalue weighted by Gasteiger charge is -2.28. The Kier molecular flexibility index (Phi) is 5.60. The summed E-state index contributed by atoms with van der Waals surface area (Å²) in [5, 5.41) is 4.20. The third-order valence-corrected chi connectivity index (χ3v) is 6.50. The summed E-state index contributed by atoms with van der Waals surface area (Å²) < 4.78 is 8.24. The van der Waals surface area contributed by atoms with E-state index in [1.54, 1.807) is 0 Å². The molecule has 0 saturated carbocycles. The van der Waals surface area contributed by atoms with Gasteiger partial charge in [-0.25, -0.2) is 0 Å². The van der Waals surface area contributed by atoms with Crippen molar-refractivity contribution in [2.75, 3.05) is 4.90 Å². The van der Waals surface area contributed by atoms with E-state index < -0.39 is 0 Å². The SMILES string of the molecule is Cc1ccc(Oc2ccc(N3C(=S)N[C@@H](c4ccccn4)[C@@H]3c3ccc(C)n3C)cc2)cc1. The first-order chi connectivity index (χ1) is 16.0. The molecule has 0 unspecified atom stereocenters. The van der Waals surface area contributed by atoms with Gasteiger partial charge in [-0.1, -0.05) is 23.8 Å². The van der Waals surface area contributed by atoms with Crippen molar-refractivity contribution in [1.82, 2.24) is 14.9 Å². The lowest BCUT2D eigenvalue weighted by Crippen LogP contribution is -2.30. The first-order valence-electron chi connectivity index (χ1n) is 11.0. The molecule has 0 spiro atoms. The average Bonchev–Trinajstić information content (AvgIpc) is 3.35. The molecule has 0 radical (unpaired) electrons. The van der Waals surface area contributed by atoms with Crippen LogP contribution >= 0.6 is 12.2 Å². The molecule has 6 heteroatoms. The second kappa shape index (κ2) is 8.71. The van der Waals surface area contributed by atoms with E-state index in [1.165, 1.54) is 17.0 Å². The minimum atomic E-state index is -0.0600. The Morgan fingerprint density at radius 3 is 2.18 bits per heavy atom. The topological polar surface area (TPSA) is 42.3 Å². The number of pyridine rings is 1. The maximum atomic E-state index is 6.02. The molecule has 1 fully saturated rings. The van der Waals surface area contributed by atoms with Gasteiger partial charge in [-0.3, -0.25) is 4.98 Å². The van der Waals surface area contributed by atoms with Crippen LogP contribution in [0.5, 0.6) is 11.5 Å². The minimum Gasteiger partial charge on any atom is -0.457 e. The number of rotatable bonds is 5. The van der Waals surface area contributed by atoms with Gasteiger partial charge >= 0.3 is 0 Å². The number of nitrogens with one attached hydrogen (secondary N) is 1. The number of aromatic nitrogens is 2. The summed E-state index contributed by atoms with van der Waals surface area (Å²) >= 11 is 5.82. The zero-order valence-electron chi connectivity index (χ0n) is 18.9. The van der Waals surface area contributed by atoms with E-state index in [9.17, 15) is 0 Å². The van der Waals surface area contributed by atoms with Crippen molar-refractivity contribution in [3.8, 4) is 11.5 Å². The summed E-state index contributed by atoms with van der Waals surface area (Å²) in [6, 6.07) is 26.3. The van der Waals surface area contributed by atoms with Crippen molar-refractivity contribution in [2.45, 2.75) is 25.9 Å². The highest BCUT2D eigenvalue weighted by atomic mass is 32.1. The van der Waals surface area contributed by atoms with Gasteiger partial charge in [0, 0.05) is 30.3 Å². The molecule has 1 aliphatic rings. The van der Waals surface area contributed by atoms with Gasteiger partial charge in [-0.05, 0) is 86.7 Å². The van der Waals surface area contributed by atoms with E-state index in [1.807, 2.05) is 60.8 Å². The molecule has 1 saturated heterocycles. The van der Waals surface area contributed by atoms with Crippen LogP contribution in [0.1, 0.15) is 34.7 Å². The lowest BCUT2D eigenvalue weighted by molar-refractivity contribution is 0.482. The molecule has 1 aliphatic heterocycles. The van der Waals surface area contributed by atoms with Crippen LogP contribution in [0, 0.1) is 13.8 Å². The third kappa shape index (κ3) is 4.10. The van der Waals surface area contributed by atoms with Gasteiger partial charge in [-0.15, -0.1) is 0 Å². The first kappa shape index (κ1) is 21.2. The fourth-order valence-corrected chi connectivity index (χ4v) is 4.63. The molecule has 4 aromatic rings. The van der Waals surface area contributed by atoms with E-state index in [2.05, 4.69) is 64.9 Å². The molecule has 0 bridgehead atoms. The third-order valence-electron chi connectivity index (χ3n) is 6.18. The van der Waals surface area contributed by atoms with Gasteiger partial charge < -0.3 is 19.5 Å². The molecule has 2 aromatic heterocycles. The maximum absolute atomic E-state index is 6.02. The van der Waals surface area contributed by atoms with Crippen LogP contribution in [0.2, 0.25) is 0 Å². The fraction of sp³-hybridized carbons (Fsp3) is 0.185. The first-order valence-corrected chi connectivity index (χ1v) is 11.4. The Bertz CT molecular complexity index is 1270. The second-order valence-corrected chi connectivity index (χ2v) is 8.75. The average molecular weight is 455 g/mol. The quantitative estimate of drug-likeness (QED) is 0.374. The molecule has 3 heterocycles. The van der Waals surface area contributed by atoms with Crippen molar-refractivity contribution in [2.24, 2.45) is 7.05 Å². The predicted molar refractivity (Wildman–Crippen MR) is 136 cm³/mol. The smallest absolute Gasteiger partial charge is 0.174 e. The molecule has 5 rings (SSSR count). The van der Waals surface area contributed by atoms with Crippen LogP contribution in [-0.2, 0) is 7.05 Å². The van der Waals surface area contributed by atoms with E-state index in [4.69, 9.17) is 17.0 Å². The van der Waals surface area contributed by atoms with Gasteiger partial charge in [0.15, 0.2) is 5.11 Å². The lowest BCUT2D eigenvalue weighted by atomic mass is 10.0. The van der Waals surface area contributed by atoms with Crippen LogP contribution in [-0.4, -0.2) is 14.7 Å². The predicted octanol–water partition coefficient (Wildman–Crippen LogP) is 6.01. The number of aryl methyl sites for hydroxylation is 2. The number of nitrogens with zero attached hydrogens (tertiary/aromatic N) is 3. The van der Waals surface area contributed by atoms with Gasteiger partial charge in [0.1, 0.15) is 17.5 Å². The van der Waals surface area contributed by atoms with Crippen LogP contribution < -0.4 is 15.0 Å². The number of hydrogen-bond acceptors (Lipinski definition) is 3. The molecule has 0 amide bonds. The van der Waals surface area contributed by atoms with Crippen molar-refractivity contribution in [1.29, 1.82) is 0 Å². The molecule has 1 N–H and O–H groups in total. The molecule has 5 nitrogen and oxygen atoms in total. The molecule has 2 atom stereocenters. The van der Waals surface area contributed by atoms with E-state index in [0.717, 1.165) is 22.9 Å². The Morgan fingerprint density at radius 1 is 0.879 bits per heavy atom. The van der Waals surface area contributed by atoms with Crippen LogP contribution in [0.15, 0.2) is 85.1 Å². The van der Waals surface area contributed by atoms with E-state index >= 15 is 0 Å². The normalized spacial score (nSPS) is 17.8. The van der Waals surface area contributed by atoms with Crippen molar-refractivity contribution < 1.29 is 4.74 Å². The molecular weight excluding hydrogens is 428 g/mol. The zero-order valence-corrected chi connectivity index (χ0v) is 19.7. The number of benzene rings is 2. The second-order valence-electron chi connectivity index (χ2n) is 8.36. The van der Waals surface area contributed by atoms with Crippen LogP contribution in [0.3, 0.4) is 0 Å². The summed E-state index contributed by atoms with van der Waals surface area (Å²) in [6.45, 7) is 4.18. The maximum Gasteiger partial charge on any atom is 0.174 e. The number of thiocarbonyl (C=S) groups is 1. The largest absolute Gasteiger partial charge is 0.457 e. The van der Waals surface area contributed by atoms with Crippen LogP contribution in [0.4, 0.5) is 5.69 Å². The molecule has 166 valence electrons. The highest BCUT2D eigenvalue weighted by molar-refractivity contribution is 7.80. The molecular formula is C27H26N4OS. The van der Waals surface area contributed by atoms with Gasteiger partial charge in [-0.2, -0.15) is 0 Å². The fourth-order valence-electron chi connectivity index (χ4n) is 4.28. The Balaban J connectivity index is 1.49. The summed E-state index contributed by atoms with van der Waals surface area (Å²) in [5.41, 5.74) is 5.55. The van der Waals surface area contributed by atoms with Crippen molar-refractivity contribution in [3.63, 3.8) is 0 Å². The summed E-state index contributed by atoms with van der Waals surface area (Å²) in [5.74, 6) is 1.60. The Hall–Kier alpha value is -3.64.